The fourth-order valence-electron chi connectivity index (χ4n) is 3.61. The average Bonchev–Trinajstić information content (AvgIpc) is 3.47. The molecule has 0 bridgehead atoms. The molecule has 0 fully saturated rings. The zero-order valence-corrected chi connectivity index (χ0v) is 17.8. The highest BCUT2D eigenvalue weighted by molar-refractivity contribution is 6.03. The van der Waals surface area contributed by atoms with Crippen molar-refractivity contribution in [3.05, 3.63) is 77.7 Å². The molecule has 7 nitrogen and oxygen atoms in total. The number of aryl methyl sites for hydroxylation is 1. The minimum absolute atomic E-state index is 0.0798. The number of carbonyl (C=O) groups excluding carboxylic acids is 1. The number of rotatable bonds is 7. The lowest BCUT2D eigenvalue weighted by molar-refractivity contribution is -0.131. The van der Waals surface area contributed by atoms with Crippen LogP contribution in [0, 0.1) is 6.92 Å². The van der Waals surface area contributed by atoms with Gasteiger partial charge < -0.3 is 19.2 Å². The first-order valence-electron chi connectivity index (χ1n) is 10.0. The standard InChI is InChI=1S/C24H25N3O4/c1-16-6-11-22(30-3)20(13-16)25-15-24(28)27-21(23-5-4-12-31-23)14-19(26-27)17-7-9-18(29-2)10-8-17/h4-13,21,25H,14-15H2,1-3H3/t21-/m0/s1. The molecular weight excluding hydrogens is 394 g/mol. The first-order chi connectivity index (χ1) is 15.1. The van der Waals surface area contributed by atoms with Crippen LogP contribution in [0.3, 0.4) is 0 Å². The van der Waals surface area contributed by atoms with Gasteiger partial charge in [-0.15, -0.1) is 0 Å². The van der Waals surface area contributed by atoms with E-state index in [1.54, 1.807) is 20.5 Å². The molecule has 0 unspecified atom stereocenters. The Morgan fingerprint density at radius 3 is 2.65 bits per heavy atom. The van der Waals surface area contributed by atoms with E-state index in [1.165, 1.54) is 5.01 Å². The number of hydrazone groups is 1. The SMILES string of the molecule is COc1ccc(C2=NN(C(=O)CNc3cc(C)ccc3OC)[C@H](c3ccco3)C2)cc1. The number of methoxy groups -OCH3 is 2. The van der Waals surface area contributed by atoms with Gasteiger partial charge in [-0.1, -0.05) is 6.07 Å². The molecule has 4 rings (SSSR count). The van der Waals surface area contributed by atoms with E-state index in [-0.39, 0.29) is 18.5 Å². The average molecular weight is 419 g/mol. The predicted octanol–water partition coefficient (Wildman–Crippen LogP) is 4.40. The van der Waals surface area contributed by atoms with Crippen LogP contribution in [0.4, 0.5) is 5.69 Å². The molecule has 1 aliphatic rings. The van der Waals surface area contributed by atoms with E-state index in [9.17, 15) is 4.79 Å². The number of nitrogens with one attached hydrogen (secondary N) is 1. The van der Waals surface area contributed by atoms with Crippen molar-refractivity contribution in [2.45, 2.75) is 19.4 Å². The van der Waals surface area contributed by atoms with E-state index in [0.29, 0.717) is 17.9 Å². The lowest BCUT2D eigenvalue weighted by Gasteiger charge is -2.20. The third-order valence-electron chi connectivity index (χ3n) is 5.25. The second kappa shape index (κ2) is 8.95. The molecule has 0 aliphatic carbocycles. The normalized spacial score (nSPS) is 15.5. The van der Waals surface area contributed by atoms with Gasteiger partial charge in [-0.25, -0.2) is 5.01 Å². The maximum atomic E-state index is 13.1. The zero-order chi connectivity index (χ0) is 21.8. The molecule has 0 radical (unpaired) electrons. The second-order valence-electron chi connectivity index (χ2n) is 7.31. The van der Waals surface area contributed by atoms with Crippen molar-refractivity contribution < 1.29 is 18.7 Å². The van der Waals surface area contributed by atoms with Crippen LogP contribution in [0.15, 0.2) is 70.4 Å². The Balaban J connectivity index is 1.56. The molecule has 0 saturated heterocycles. The van der Waals surface area contributed by atoms with Crippen molar-refractivity contribution in [3.63, 3.8) is 0 Å². The summed E-state index contributed by atoms with van der Waals surface area (Å²) in [5, 5.41) is 9.34. The fourth-order valence-corrected chi connectivity index (χ4v) is 3.61. The Hall–Kier alpha value is -3.74. The monoisotopic (exact) mass is 419 g/mol. The summed E-state index contributed by atoms with van der Waals surface area (Å²) in [5.74, 6) is 2.00. The van der Waals surface area contributed by atoms with Gasteiger partial charge in [0.05, 0.1) is 38.4 Å². The van der Waals surface area contributed by atoms with Crippen molar-refractivity contribution in [1.29, 1.82) is 0 Å². The number of anilines is 1. The molecule has 1 N–H and O–H groups in total. The van der Waals surface area contributed by atoms with Gasteiger partial charge in [0.15, 0.2) is 0 Å². The highest BCUT2D eigenvalue weighted by atomic mass is 16.5. The van der Waals surface area contributed by atoms with Crippen LogP contribution in [0.2, 0.25) is 0 Å². The van der Waals surface area contributed by atoms with Crippen LogP contribution in [-0.2, 0) is 4.79 Å². The number of amides is 1. The van der Waals surface area contributed by atoms with Crippen molar-refractivity contribution in [2.75, 3.05) is 26.1 Å². The molecule has 1 aromatic heterocycles. The highest BCUT2D eigenvalue weighted by Crippen LogP contribution is 2.33. The first kappa shape index (κ1) is 20.5. The lowest BCUT2D eigenvalue weighted by atomic mass is 10.0. The smallest absolute Gasteiger partial charge is 0.262 e. The van der Waals surface area contributed by atoms with Gasteiger partial charge in [0, 0.05) is 6.42 Å². The van der Waals surface area contributed by atoms with Crippen molar-refractivity contribution >= 4 is 17.3 Å². The van der Waals surface area contributed by atoms with Gasteiger partial charge in [0.2, 0.25) is 0 Å². The molecular formula is C24H25N3O4. The topological polar surface area (TPSA) is 76.3 Å². The van der Waals surface area contributed by atoms with E-state index in [1.807, 2.05) is 61.5 Å². The summed E-state index contributed by atoms with van der Waals surface area (Å²) in [4.78, 5) is 13.1. The second-order valence-corrected chi connectivity index (χ2v) is 7.31. The van der Waals surface area contributed by atoms with Gasteiger partial charge in [0.1, 0.15) is 23.3 Å². The molecule has 0 saturated carbocycles. The van der Waals surface area contributed by atoms with Gasteiger partial charge >= 0.3 is 0 Å². The van der Waals surface area contributed by atoms with Crippen LogP contribution in [0.5, 0.6) is 11.5 Å². The molecule has 31 heavy (non-hydrogen) atoms. The molecule has 1 aliphatic heterocycles. The summed E-state index contributed by atoms with van der Waals surface area (Å²) < 4.78 is 16.2. The van der Waals surface area contributed by atoms with Crippen molar-refractivity contribution in [1.82, 2.24) is 5.01 Å². The summed E-state index contributed by atoms with van der Waals surface area (Å²) in [7, 11) is 3.24. The third-order valence-corrected chi connectivity index (χ3v) is 5.25. The Bertz CT molecular complexity index is 1070. The van der Waals surface area contributed by atoms with Crippen LogP contribution in [0.25, 0.3) is 0 Å². The number of hydrogen-bond donors (Lipinski definition) is 1. The lowest BCUT2D eigenvalue weighted by Crippen LogP contribution is -2.32. The first-order valence-corrected chi connectivity index (χ1v) is 10.0. The maximum Gasteiger partial charge on any atom is 0.262 e. The number of carbonyl (C=O) groups is 1. The van der Waals surface area contributed by atoms with Crippen molar-refractivity contribution in [2.24, 2.45) is 5.10 Å². The van der Waals surface area contributed by atoms with E-state index in [4.69, 9.17) is 13.9 Å². The minimum Gasteiger partial charge on any atom is -0.497 e. The Kier molecular flexibility index (Phi) is 5.93. The van der Waals surface area contributed by atoms with Crippen LogP contribution in [0.1, 0.15) is 29.3 Å². The highest BCUT2D eigenvalue weighted by Gasteiger charge is 2.34. The van der Waals surface area contributed by atoms with Crippen LogP contribution in [-0.4, -0.2) is 37.4 Å². The number of ether oxygens (including phenoxy) is 2. The molecule has 1 amide bonds. The van der Waals surface area contributed by atoms with E-state index in [2.05, 4.69) is 10.4 Å². The van der Waals surface area contributed by atoms with E-state index < -0.39 is 0 Å². The Morgan fingerprint density at radius 1 is 1.16 bits per heavy atom. The molecule has 7 heteroatoms. The maximum absolute atomic E-state index is 13.1. The quantitative estimate of drug-likeness (QED) is 0.614. The minimum atomic E-state index is -0.291. The largest absolute Gasteiger partial charge is 0.497 e. The molecule has 2 heterocycles. The molecule has 3 aromatic rings. The summed E-state index contributed by atoms with van der Waals surface area (Å²) in [6, 6.07) is 16.8. The van der Waals surface area contributed by atoms with Gasteiger partial charge in [0.25, 0.3) is 5.91 Å². The van der Waals surface area contributed by atoms with Crippen molar-refractivity contribution in [3.8, 4) is 11.5 Å². The van der Waals surface area contributed by atoms with Crippen LogP contribution < -0.4 is 14.8 Å². The summed E-state index contributed by atoms with van der Waals surface area (Å²) in [5.41, 5.74) is 3.61. The summed E-state index contributed by atoms with van der Waals surface area (Å²) in [6.07, 6.45) is 2.18. The molecule has 0 spiro atoms. The molecule has 1 atom stereocenters. The predicted molar refractivity (Wildman–Crippen MR) is 119 cm³/mol. The van der Waals surface area contributed by atoms with E-state index in [0.717, 1.165) is 28.3 Å². The zero-order valence-electron chi connectivity index (χ0n) is 17.8. The van der Waals surface area contributed by atoms with Gasteiger partial charge in [-0.3, -0.25) is 4.79 Å². The number of furan rings is 1. The van der Waals surface area contributed by atoms with Crippen LogP contribution >= 0.6 is 0 Å². The summed E-state index contributed by atoms with van der Waals surface area (Å²) in [6.45, 7) is 2.07. The Morgan fingerprint density at radius 2 is 1.97 bits per heavy atom. The molecule has 2 aromatic carbocycles. The Labute approximate surface area is 181 Å². The number of hydrogen-bond acceptors (Lipinski definition) is 6. The number of benzene rings is 2. The summed E-state index contributed by atoms with van der Waals surface area (Å²) >= 11 is 0. The fraction of sp³-hybridized carbons (Fsp3) is 0.250. The third kappa shape index (κ3) is 4.40. The van der Waals surface area contributed by atoms with E-state index >= 15 is 0 Å². The van der Waals surface area contributed by atoms with Gasteiger partial charge in [-0.05, 0) is 66.6 Å². The van der Waals surface area contributed by atoms with Gasteiger partial charge in [-0.2, -0.15) is 5.10 Å². The molecule has 160 valence electrons. The number of nitrogens with zero attached hydrogens (tertiary/aromatic N) is 2.